The molecule has 0 bridgehead atoms. The lowest BCUT2D eigenvalue weighted by Gasteiger charge is -2.33. The maximum Gasteiger partial charge on any atom is 0.250 e. The number of pyridine rings is 1. The minimum absolute atomic E-state index is 0.0155. The number of piperidine rings is 1. The van der Waals surface area contributed by atoms with Gasteiger partial charge in [0.2, 0.25) is 11.5 Å². The summed E-state index contributed by atoms with van der Waals surface area (Å²) in [6, 6.07) is 8.57. The maximum absolute atomic E-state index is 13.8. The van der Waals surface area contributed by atoms with Crippen LogP contribution in [0.4, 0.5) is 10.1 Å². The fraction of sp³-hybridized carbons (Fsp3) is 0.368. The Hall–Kier alpha value is -2.63. The van der Waals surface area contributed by atoms with Crippen molar-refractivity contribution in [3.8, 4) is 11.3 Å². The van der Waals surface area contributed by atoms with Crippen LogP contribution >= 0.6 is 0 Å². The molecule has 0 radical (unpaired) electrons. The molecule has 0 spiro atoms. The number of aromatic nitrogens is 1. The van der Waals surface area contributed by atoms with E-state index in [4.69, 9.17) is 0 Å². The van der Waals surface area contributed by atoms with Crippen LogP contribution in [0, 0.1) is 12.7 Å². The highest BCUT2D eigenvalue weighted by Gasteiger charge is 2.20. The van der Waals surface area contributed by atoms with E-state index >= 15 is 0 Å². The minimum Gasteiger partial charge on any atom is -0.371 e. The number of hydrogen-bond acceptors (Lipinski definition) is 3. The van der Waals surface area contributed by atoms with Crippen molar-refractivity contribution in [2.24, 2.45) is 0 Å². The molecule has 1 aromatic heterocycles. The van der Waals surface area contributed by atoms with Gasteiger partial charge in [-0.25, -0.2) is 4.39 Å². The Balaban J connectivity index is 1.82. The smallest absolute Gasteiger partial charge is 0.250 e. The molecule has 25 heavy (non-hydrogen) atoms. The summed E-state index contributed by atoms with van der Waals surface area (Å²) in [5.74, 6) is -0.307. The van der Waals surface area contributed by atoms with Gasteiger partial charge in [0, 0.05) is 43.4 Å². The summed E-state index contributed by atoms with van der Waals surface area (Å²) in [4.78, 5) is 28.1. The fourth-order valence-electron chi connectivity index (χ4n) is 3.20. The van der Waals surface area contributed by atoms with E-state index < -0.39 is 0 Å². The molecule has 6 heteroatoms. The van der Waals surface area contributed by atoms with Gasteiger partial charge < -0.3 is 15.2 Å². The normalized spacial score (nSPS) is 15.2. The van der Waals surface area contributed by atoms with Gasteiger partial charge in [-0.1, -0.05) is 12.1 Å². The van der Waals surface area contributed by atoms with Crippen LogP contribution < -0.4 is 15.8 Å². The predicted molar refractivity (Wildman–Crippen MR) is 96.2 cm³/mol. The topological polar surface area (TPSA) is 65.2 Å². The summed E-state index contributed by atoms with van der Waals surface area (Å²) in [6.45, 7) is 4.75. The molecule has 1 saturated heterocycles. The third-order valence-electron chi connectivity index (χ3n) is 4.58. The van der Waals surface area contributed by atoms with E-state index in [1.807, 2.05) is 6.07 Å². The number of rotatable bonds is 3. The third kappa shape index (κ3) is 4.07. The molecule has 0 unspecified atom stereocenters. The molecule has 1 aliphatic rings. The summed E-state index contributed by atoms with van der Waals surface area (Å²) >= 11 is 0. The number of halogens is 1. The van der Waals surface area contributed by atoms with E-state index in [1.165, 1.54) is 13.0 Å². The Kier molecular flexibility index (Phi) is 4.88. The van der Waals surface area contributed by atoms with E-state index in [-0.39, 0.29) is 23.3 Å². The van der Waals surface area contributed by atoms with Crippen LogP contribution in [0.1, 0.15) is 25.3 Å². The second-order valence-electron chi connectivity index (χ2n) is 6.54. The Labute approximate surface area is 145 Å². The lowest BCUT2D eigenvalue weighted by molar-refractivity contribution is -0.119. The van der Waals surface area contributed by atoms with Crippen LogP contribution in [0.2, 0.25) is 0 Å². The first-order chi connectivity index (χ1) is 11.9. The predicted octanol–water partition coefficient (Wildman–Crippen LogP) is 2.59. The van der Waals surface area contributed by atoms with Crippen LogP contribution in [0.3, 0.4) is 0 Å². The zero-order valence-corrected chi connectivity index (χ0v) is 14.4. The quantitative estimate of drug-likeness (QED) is 0.900. The van der Waals surface area contributed by atoms with Crippen LogP contribution in [0.5, 0.6) is 0 Å². The average molecular weight is 343 g/mol. The zero-order chi connectivity index (χ0) is 18.0. The van der Waals surface area contributed by atoms with E-state index in [2.05, 4.69) is 15.2 Å². The van der Waals surface area contributed by atoms with Crippen LogP contribution in [0.15, 0.2) is 35.1 Å². The summed E-state index contributed by atoms with van der Waals surface area (Å²) in [5, 5.41) is 2.94. The van der Waals surface area contributed by atoms with Crippen molar-refractivity contribution < 1.29 is 9.18 Å². The molecule has 3 rings (SSSR count). The number of aromatic amines is 1. The van der Waals surface area contributed by atoms with E-state index in [0.717, 1.165) is 31.6 Å². The molecule has 2 aromatic rings. The highest BCUT2D eigenvalue weighted by molar-refractivity contribution is 5.73. The van der Waals surface area contributed by atoms with Gasteiger partial charge >= 0.3 is 0 Å². The van der Waals surface area contributed by atoms with Crippen molar-refractivity contribution in [2.75, 3.05) is 18.0 Å². The molecule has 1 amide bonds. The second-order valence-corrected chi connectivity index (χ2v) is 6.54. The molecule has 0 atom stereocenters. The van der Waals surface area contributed by atoms with Gasteiger partial charge in [-0.15, -0.1) is 0 Å². The molecule has 1 aliphatic heterocycles. The van der Waals surface area contributed by atoms with Crippen molar-refractivity contribution in [2.45, 2.75) is 32.7 Å². The number of anilines is 1. The average Bonchev–Trinajstić information content (AvgIpc) is 2.57. The number of benzene rings is 1. The summed E-state index contributed by atoms with van der Waals surface area (Å²) in [7, 11) is 0. The molecule has 0 saturated carbocycles. The molecular formula is C19H22FN3O2. The van der Waals surface area contributed by atoms with Crippen LogP contribution in [-0.2, 0) is 4.79 Å². The summed E-state index contributed by atoms with van der Waals surface area (Å²) in [5.41, 5.74) is 2.43. The molecular weight excluding hydrogens is 321 g/mol. The Morgan fingerprint density at radius 2 is 1.96 bits per heavy atom. The lowest BCUT2D eigenvalue weighted by Crippen LogP contribution is -2.44. The molecule has 0 aliphatic carbocycles. The van der Waals surface area contributed by atoms with E-state index in [0.29, 0.717) is 16.8 Å². The number of nitrogens with one attached hydrogen (secondary N) is 2. The summed E-state index contributed by atoms with van der Waals surface area (Å²) < 4.78 is 13.8. The second kappa shape index (κ2) is 7.09. The fourth-order valence-corrected chi connectivity index (χ4v) is 3.20. The van der Waals surface area contributed by atoms with Crippen LogP contribution in [-0.4, -0.2) is 30.0 Å². The highest BCUT2D eigenvalue weighted by atomic mass is 19.1. The lowest BCUT2D eigenvalue weighted by atomic mass is 10.0. The van der Waals surface area contributed by atoms with Crippen molar-refractivity contribution in [3.05, 3.63) is 52.1 Å². The standard InChI is InChI=1S/C19H22FN3O2/c1-12-3-4-14(9-17(12)20)18-10-16(11-19(25)22-18)23-7-5-15(6-8-23)21-13(2)24/h3-4,9-11,15H,5-8H2,1-2H3,(H,21,24)(H,22,25). The number of amides is 1. The molecule has 2 heterocycles. The minimum atomic E-state index is -0.292. The van der Waals surface area contributed by atoms with Gasteiger partial charge in [0.15, 0.2) is 0 Å². The van der Waals surface area contributed by atoms with E-state index in [9.17, 15) is 14.0 Å². The van der Waals surface area contributed by atoms with Gasteiger partial charge in [-0.05, 0) is 37.5 Å². The number of carbonyl (C=O) groups excluding carboxylic acids is 1. The number of carbonyl (C=O) groups is 1. The monoisotopic (exact) mass is 343 g/mol. The molecule has 1 aromatic carbocycles. The highest BCUT2D eigenvalue weighted by Crippen LogP contribution is 2.25. The Morgan fingerprint density at radius 3 is 2.60 bits per heavy atom. The first kappa shape index (κ1) is 17.2. The van der Waals surface area contributed by atoms with Crippen LogP contribution in [0.25, 0.3) is 11.3 Å². The molecule has 5 nitrogen and oxygen atoms in total. The zero-order valence-electron chi connectivity index (χ0n) is 14.4. The Bertz CT molecular complexity index is 839. The third-order valence-corrected chi connectivity index (χ3v) is 4.58. The largest absolute Gasteiger partial charge is 0.371 e. The van der Waals surface area contributed by atoms with Crippen molar-refractivity contribution in [3.63, 3.8) is 0 Å². The van der Waals surface area contributed by atoms with Crippen molar-refractivity contribution >= 4 is 11.6 Å². The molecule has 132 valence electrons. The number of nitrogens with zero attached hydrogens (tertiary/aromatic N) is 1. The summed E-state index contributed by atoms with van der Waals surface area (Å²) in [6.07, 6.45) is 1.67. The maximum atomic E-state index is 13.8. The van der Waals surface area contributed by atoms with Gasteiger partial charge in [-0.2, -0.15) is 0 Å². The first-order valence-corrected chi connectivity index (χ1v) is 8.45. The van der Waals surface area contributed by atoms with Crippen molar-refractivity contribution in [1.82, 2.24) is 10.3 Å². The first-order valence-electron chi connectivity index (χ1n) is 8.45. The van der Waals surface area contributed by atoms with Gasteiger partial charge in [-0.3, -0.25) is 9.59 Å². The van der Waals surface area contributed by atoms with Gasteiger partial charge in [0.1, 0.15) is 5.82 Å². The number of hydrogen-bond donors (Lipinski definition) is 2. The molecule has 1 fully saturated rings. The van der Waals surface area contributed by atoms with Crippen molar-refractivity contribution in [1.29, 1.82) is 0 Å². The van der Waals surface area contributed by atoms with Gasteiger partial charge in [0.05, 0.1) is 5.69 Å². The van der Waals surface area contributed by atoms with E-state index in [1.54, 1.807) is 25.1 Å². The molecule has 2 N–H and O–H groups in total. The SMILES string of the molecule is CC(=O)NC1CCN(c2cc(-c3ccc(C)c(F)c3)[nH]c(=O)c2)CC1. The number of aryl methyl sites for hydroxylation is 1. The Morgan fingerprint density at radius 1 is 1.24 bits per heavy atom. The number of H-pyrrole nitrogens is 1. The van der Waals surface area contributed by atoms with Gasteiger partial charge in [0.25, 0.3) is 0 Å².